The van der Waals surface area contributed by atoms with Gasteiger partial charge in [-0.3, -0.25) is 0 Å². The van der Waals surface area contributed by atoms with Crippen LogP contribution in [0.15, 0.2) is 91.4 Å². The second kappa shape index (κ2) is 11.5. The van der Waals surface area contributed by atoms with Gasteiger partial charge in [0, 0.05) is 12.0 Å². The summed E-state index contributed by atoms with van der Waals surface area (Å²) in [4.78, 5) is 9.16. The Morgan fingerprint density at radius 1 is 0.925 bits per heavy atom. The van der Waals surface area contributed by atoms with Crippen molar-refractivity contribution < 1.29 is 9.47 Å². The zero-order chi connectivity index (χ0) is 27.3. The predicted octanol–water partition coefficient (Wildman–Crippen LogP) is 5.21. The highest BCUT2D eigenvalue weighted by Gasteiger charge is 2.19. The summed E-state index contributed by atoms with van der Waals surface area (Å²) in [5.74, 6) is 1.21. The third kappa shape index (κ3) is 5.50. The summed E-state index contributed by atoms with van der Waals surface area (Å²) in [6.45, 7) is 4.22. The number of rotatable bonds is 11. The molecule has 0 bridgehead atoms. The molecule has 0 saturated carbocycles. The van der Waals surface area contributed by atoms with Crippen molar-refractivity contribution in [2.24, 2.45) is 0 Å². The Morgan fingerprint density at radius 3 is 2.55 bits per heavy atom. The van der Waals surface area contributed by atoms with E-state index >= 15 is 0 Å². The topological polar surface area (TPSA) is 106 Å². The van der Waals surface area contributed by atoms with Crippen molar-refractivity contribution in [3.63, 3.8) is 0 Å². The number of nitrogens with two attached hydrogens (primary N) is 1. The minimum atomic E-state index is 0.0292. The highest BCUT2D eigenvalue weighted by Crippen LogP contribution is 2.30. The highest BCUT2D eigenvalue weighted by atomic mass is 16.5. The largest absolute Gasteiger partial charge is 0.487 e. The van der Waals surface area contributed by atoms with Crippen molar-refractivity contribution >= 4 is 27.8 Å². The van der Waals surface area contributed by atoms with E-state index in [-0.39, 0.29) is 6.04 Å². The van der Waals surface area contributed by atoms with E-state index in [9.17, 15) is 0 Å². The van der Waals surface area contributed by atoms with E-state index in [2.05, 4.69) is 55.2 Å². The molecule has 1 atom stereocenters. The zero-order valence-corrected chi connectivity index (χ0v) is 22.4. The average Bonchev–Trinajstić information content (AvgIpc) is 3.63. The van der Waals surface area contributed by atoms with Crippen LogP contribution in [0.5, 0.6) is 5.75 Å². The van der Waals surface area contributed by atoms with E-state index in [1.807, 2.05) is 72.7 Å². The molecule has 3 aromatic carbocycles. The van der Waals surface area contributed by atoms with Gasteiger partial charge in [-0.15, -0.1) is 5.10 Å². The minimum absolute atomic E-state index is 0.0292. The molecule has 40 heavy (non-hydrogen) atoms. The molecule has 6 aromatic rings. The van der Waals surface area contributed by atoms with Crippen LogP contribution in [0, 0.1) is 0 Å². The Labute approximate surface area is 232 Å². The lowest BCUT2D eigenvalue weighted by molar-refractivity contribution is 0.114. The van der Waals surface area contributed by atoms with Gasteiger partial charge >= 0.3 is 0 Å². The van der Waals surface area contributed by atoms with Crippen LogP contribution in [0.3, 0.4) is 0 Å². The molecule has 3 heterocycles. The van der Waals surface area contributed by atoms with Gasteiger partial charge in [0.1, 0.15) is 23.6 Å². The monoisotopic (exact) mass is 533 g/mol. The fourth-order valence-corrected chi connectivity index (χ4v) is 4.94. The molecule has 0 radical (unpaired) electrons. The number of benzene rings is 3. The standard InChI is InChI=1S/C31H31N7O2/c1-2-39-20-25(38-21-33-29-30(38)27-10-6-7-11-28(27)34-31(29)32)16-22-12-14-26(15-13-22)40-19-24-18-37(36-35-24)17-23-8-4-3-5-9-23/h3-15,18,21,25H,2,16-17,19-20H2,1H3,(H2,32,34)/t25-/m0/s1. The molecule has 6 rings (SSSR count). The number of hydrogen-bond donors (Lipinski definition) is 1. The van der Waals surface area contributed by atoms with Gasteiger partial charge in [-0.1, -0.05) is 65.9 Å². The Bertz CT molecular complexity index is 1710. The lowest BCUT2D eigenvalue weighted by Crippen LogP contribution is -2.18. The summed E-state index contributed by atoms with van der Waals surface area (Å²) in [7, 11) is 0. The van der Waals surface area contributed by atoms with Crippen LogP contribution < -0.4 is 10.5 Å². The summed E-state index contributed by atoms with van der Waals surface area (Å²) < 4.78 is 15.9. The van der Waals surface area contributed by atoms with Gasteiger partial charge in [0.25, 0.3) is 0 Å². The van der Waals surface area contributed by atoms with Gasteiger partial charge in [0.15, 0.2) is 5.82 Å². The van der Waals surface area contributed by atoms with Crippen molar-refractivity contribution in [3.05, 3.63) is 108 Å². The predicted molar refractivity (Wildman–Crippen MR) is 155 cm³/mol. The molecule has 0 unspecified atom stereocenters. The Kier molecular flexibility index (Phi) is 7.37. The van der Waals surface area contributed by atoms with Crippen LogP contribution in [-0.4, -0.2) is 42.7 Å². The van der Waals surface area contributed by atoms with Crippen LogP contribution in [0.4, 0.5) is 5.82 Å². The van der Waals surface area contributed by atoms with E-state index in [0.29, 0.717) is 37.7 Å². The maximum absolute atomic E-state index is 6.27. The van der Waals surface area contributed by atoms with Crippen molar-refractivity contribution in [1.29, 1.82) is 0 Å². The maximum Gasteiger partial charge on any atom is 0.152 e. The van der Waals surface area contributed by atoms with Crippen molar-refractivity contribution in [1.82, 2.24) is 29.5 Å². The first-order valence-electron chi connectivity index (χ1n) is 13.4. The smallest absolute Gasteiger partial charge is 0.152 e. The number of aromatic nitrogens is 6. The van der Waals surface area contributed by atoms with Crippen LogP contribution >= 0.6 is 0 Å². The van der Waals surface area contributed by atoms with Crippen molar-refractivity contribution in [2.45, 2.75) is 32.5 Å². The molecular weight excluding hydrogens is 502 g/mol. The SMILES string of the molecule is CCOC[C@H](Cc1ccc(OCc2cn(Cc3ccccc3)nn2)cc1)n1cnc2c(N)nc3ccccc3c21. The van der Waals surface area contributed by atoms with E-state index in [4.69, 9.17) is 15.2 Å². The number of ether oxygens (including phenoxy) is 2. The summed E-state index contributed by atoms with van der Waals surface area (Å²) in [5.41, 5.74) is 11.9. The molecule has 3 aromatic heterocycles. The first-order chi connectivity index (χ1) is 19.7. The minimum Gasteiger partial charge on any atom is -0.487 e. The van der Waals surface area contributed by atoms with Gasteiger partial charge in [-0.2, -0.15) is 0 Å². The van der Waals surface area contributed by atoms with E-state index in [1.54, 1.807) is 0 Å². The second-order valence-electron chi connectivity index (χ2n) is 9.71. The third-order valence-electron chi connectivity index (χ3n) is 6.90. The van der Waals surface area contributed by atoms with Crippen LogP contribution in [0.25, 0.3) is 21.9 Å². The maximum atomic E-state index is 6.27. The van der Waals surface area contributed by atoms with Crippen LogP contribution in [-0.2, 0) is 24.3 Å². The summed E-state index contributed by atoms with van der Waals surface area (Å²) in [5, 5.41) is 9.49. The summed E-state index contributed by atoms with van der Waals surface area (Å²) in [6, 6.07) is 26.4. The molecule has 0 amide bonds. The molecule has 0 saturated heterocycles. The number of pyridine rings is 1. The van der Waals surface area contributed by atoms with Crippen molar-refractivity contribution in [3.8, 4) is 5.75 Å². The lowest BCUT2D eigenvalue weighted by atomic mass is 10.1. The Hall–Kier alpha value is -4.76. The Morgan fingerprint density at radius 2 is 1.73 bits per heavy atom. The normalized spacial score (nSPS) is 12.2. The molecule has 9 nitrogen and oxygen atoms in total. The summed E-state index contributed by atoms with van der Waals surface area (Å²) >= 11 is 0. The summed E-state index contributed by atoms with van der Waals surface area (Å²) in [6.07, 6.45) is 4.53. The number of nitrogens with zero attached hydrogens (tertiary/aromatic N) is 6. The van der Waals surface area contributed by atoms with Crippen LogP contribution in [0.2, 0.25) is 0 Å². The molecule has 2 N–H and O–H groups in total. The number of hydrogen-bond acceptors (Lipinski definition) is 7. The van der Waals surface area contributed by atoms with Gasteiger partial charge in [-0.05, 0) is 42.7 Å². The number of nitrogen functional groups attached to an aromatic ring is 1. The van der Waals surface area contributed by atoms with Gasteiger partial charge < -0.3 is 19.8 Å². The van der Waals surface area contributed by atoms with E-state index in [1.165, 1.54) is 11.1 Å². The molecule has 0 spiro atoms. The third-order valence-corrected chi connectivity index (χ3v) is 6.90. The molecular formula is C31H31N7O2. The van der Waals surface area contributed by atoms with E-state index in [0.717, 1.165) is 34.3 Å². The Balaban J connectivity index is 1.16. The number of imidazole rings is 1. The average molecular weight is 534 g/mol. The van der Waals surface area contributed by atoms with Crippen LogP contribution in [0.1, 0.15) is 29.8 Å². The number of fused-ring (bicyclic) bond motifs is 3. The van der Waals surface area contributed by atoms with Gasteiger partial charge in [0.05, 0.1) is 42.8 Å². The second-order valence-corrected chi connectivity index (χ2v) is 9.71. The molecule has 9 heteroatoms. The molecule has 0 aliphatic heterocycles. The lowest BCUT2D eigenvalue weighted by Gasteiger charge is -2.20. The zero-order valence-electron chi connectivity index (χ0n) is 22.4. The first-order valence-corrected chi connectivity index (χ1v) is 13.4. The quantitative estimate of drug-likeness (QED) is 0.244. The molecule has 0 fully saturated rings. The molecule has 202 valence electrons. The molecule has 0 aliphatic carbocycles. The molecule has 0 aliphatic rings. The van der Waals surface area contributed by atoms with Gasteiger partial charge in [-0.25, -0.2) is 14.6 Å². The number of anilines is 1. The number of para-hydroxylation sites is 1. The van der Waals surface area contributed by atoms with Crippen molar-refractivity contribution in [2.75, 3.05) is 18.9 Å². The van der Waals surface area contributed by atoms with Gasteiger partial charge in [0.2, 0.25) is 0 Å². The highest BCUT2D eigenvalue weighted by molar-refractivity contribution is 6.06. The fourth-order valence-electron chi connectivity index (χ4n) is 4.94. The van der Waals surface area contributed by atoms with E-state index < -0.39 is 0 Å². The fraction of sp³-hybridized carbons (Fsp3) is 0.226. The first kappa shape index (κ1) is 25.5.